The molecule has 3 rings (SSSR count). The molecule has 0 atom stereocenters. The summed E-state index contributed by atoms with van der Waals surface area (Å²) in [5, 5.41) is 2.38. The zero-order chi connectivity index (χ0) is 22.1. The molecule has 30 heavy (non-hydrogen) atoms. The van der Waals surface area contributed by atoms with E-state index >= 15 is 0 Å². The van der Waals surface area contributed by atoms with Crippen LogP contribution in [-0.4, -0.2) is 13.0 Å². The fourth-order valence-corrected chi connectivity index (χ4v) is 3.02. The highest BCUT2D eigenvalue weighted by molar-refractivity contribution is 6.04. The molecule has 0 saturated carbocycles. The molecule has 3 nitrogen and oxygen atoms in total. The summed E-state index contributed by atoms with van der Waals surface area (Å²) in [6.07, 6.45) is -4.51. The Balaban J connectivity index is 1.82. The molecular weight excluding hydrogens is 403 g/mol. The van der Waals surface area contributed by atoms with Crippen molar-refractivity contribution in [3.8, 4) is 0 Å². The van der Waals surface area contributed by atoms with Crippen molar-refractivity contribution in [1.82, 2.24) is 0 Å². The second kappa shape index (κ2) is 8.14. The van der Waals surface area contributed by atoms with Crippen molar-refractivity contribution in [1.29, 1.82) is 0 Å². The molecule has 0 heterocycles. The Kier molecular flexibility index (Phi) is 5.78. The number of rotatable bonds is 4. The minimum atomic E-state index is -4.51. The predicted octanol–water partition coefficient (Wildman–Crippen LogP) is 6.31. The van der Waals surface area contributed by atoms with Crippen LogP contribution in [0.15, 0.2) is 60.7 Å². The summed E-state index contributed by atoms with van der Waals surface area (Å²) in [6, 6.07) is 13.1. The molecule has 8 heteroatoms. The monoisotopic (exact) mass is 420 g/mol. The van der Waals surface area contributed by atoms with Crippen molar-refractivity contribution in [2.24, 2.45) is 0 Å². The third-order valence-corrected chi connectivity index (χ3v) is 4.50. The van der Waals surface area contributed by atoms with Gasteiger partial charge in [-0.2, -0.15) is 13.2 Å². The third-order valence-electron chi connectivity index (χ3n) is 4.50. The lowest BCUT2D eigenvalue weighted by molar-refractivity contribution is -0.137. The van der Waals surface area contributed by atoms with Crippen LogP contribution in [-0.2, 0) is 6.18 Å². The van der Waals surface area contributed by atoms with Crippen molar-refractivity contribution >= 4 is 23.0 Å². The molecule has 0 aliphatic rings. The van der Waals surface area contributed by atoms with Gasteiger partial charge in [0, 0.05) is 18.4 Å². The molecule has 0 spiro atoms. The zero-order valence-corrected chi connectivity index (χ0v) is 16.0. The van der Waals surface area contributed by atoms with E-state index in [0.29, 0.717) is 11.3 Å². The minimum Gasteiger partial charge on any atom is -0.344 e. The Bertz CT molecular complexity index is 1050. The lowest BCUT2D eigenvalue weighted by Gasteiger charge is -2.23. The number of nitrogens with one attached hydrogen (secondary N) is 1. The molecule has 1 amide bonds. The minimum absolute atomic E-state index is 0.0365. The normalized spacial score (nSPS) is 11.3. The van der Waals surface area contributed by atoms with Crippen molar-refractivity contribution < 1.29 is 26.7 Å². The average Bonchev–Trinajstić information content (AvgIpc) is 2.66. The third kappa shape index (κ3) is 4.42. The highest BCUT2D eigenvalue weighted by Gasteiger charge is 2.34. The van der Waals surface area contributed by atoms with Crippen molar-refractivity contribution in [2.45, 2.75) is 13.1 Å². The quantitative estimate of drug-likeness (QED) is 0.502. The van der Waals surface area contributed by atoms with Crippen LogP contribution < -0.4 is 10.2 Å². The van der Waals surface area contributed by atoms with Crippen LogP contribution in [0.2, 0.25) is 0 Å². The lowest BCUT2D eigenvalue weighted by atomic mass is 10.1. The summed E-state index contributed by atoms with van der Waals surface area (Å²) < 4.78 is 67.7. The molecule has 0 radical (unpaired) electrons. The molecule has 0 aliphatic carbocycles. The summed E-state index contributed by atoms with van der Waals surface area (Å²) in [7, 11) is 1.48. The van der Waals surface area contributed by atoms with Gasteiger partial charge in [-0.05, 0) is 61.0 Å². The molecule has 3 aromatic rings. The first-order valence-electron chi connectivity index (χ1n) is 8.85. The standard InChI is InChI=1S/C22H17F5N2O/c1-13-11-17(23)20(18(24)12-13)21(30)28-14-7-9-15(10-8-14)29(2)19-6-4-3-5-16(19)22(25,26)27/h3-12H,1-2H3,(H,28,30). The number of halogens is 5. The van der Waals surface area contributed by atoms with Gasteiger partial charge in [0.15, 0.2) is 0 Å². The number of alkyl halides is 3. The number of aryl methyl sites for hydroxylation is 1. The van der Waals surface area contributed by atoms with Crippen LogP contribution in [0.5, 0.6) is 0 Å². The van der Waals surface area contributed by atoms with E-state index in [2.05, 4.69) is 5.32 Å². The van der Waals surface area contributed by atoms with Gasteiger partial charge in [0.1, 0.15) is 17.2 Å². The maximum atomic E-state index is 14.0. The molecule has 0 bridgehead atoms. The number of amides is 1. The maximum absolute atomic E-state index is 14.0. The Labute approximate surface area is 169 Å². The number of nitrogens with zero attached hydrogens (tertiary/aromatic N) is 1. The van der Waals surface area contributed by atoms with E-state index in [4.69, 9.17) is 0 Å². The number of hydrogen-bond acceptors (Lipinski definition) is 2. The van der Waals surface area contributed by atoms with Crippen molar-refractivity contribution in [3.63, 3.8) is 0 Å². The predicted molar refractivity (Wildman–Crippen MR) is 105 cm³/mol. The number of para-hydroxylation sites is 1. The smallest absolute Gasteiger partial charge is 0.344 e. The van der Waals surface area contributed by atoms with E-state index < -0.39 is 34.8 Å². The molecular formula is C22H17F5N2O. The Hall–Kier alpha value is -3.42. The summed E-state index contributed by atoms with van der Waals surface area (Å²) in [5.74, 6) is -2.93. The van der Waals surface area contributed by atoms with Gasteiger partial charge < -0.3 is 10.2 Å². The fraction of sp³-hybridized carbons (Fsp3) is 0.136. The van der Waals surface area contributed by atoms with E-state index in [-0.39, 0.29) is 11.4 Å². The van der Waals surface area contributed by atoms with E-state index in [1.807, 2.05) is 0 Å². The highest BCUT2D eigenvalue weighted by atomic mass is 19.4. The van der Waals surface area contributed by atoms with Gasteiger partial charge in [-0.15, -0.1) is 0 Å². The number of anilines is 3. The SMILES string of the molecule is Cc1cc(F)c(C(=O)Nc2ccc(N(C)c3ccccc3C(F)(F)F)cc2)c(F)c1. The van der Waals surface area contributed by atoms with Gasteiger partial charge in [0.2, 0.25) is 0 Å². The van der Waals surface area contributed by atoms with Gasteiger partial charge in [-0.3, -0.25) is 4.79 Å². The lowest BCUT2D eigenvalue weighted by Crippen LogP contribution is -2.17. The summed E-state index contributed by atoms with van der Waals surface area (Å²) in [6.45, 7) is 1.50. The topological polar surface area (TPSA) is 32.3 Å². The fourth-order valence-electron chi connectivity index (χ4n) is 3.02. The van der Waals surface area contributed by atoms with Gasteiger partial charge in [0.25, 0.3) is 5.91 Å². The van der Waals surface area contributed by atoms with E-state index in [0.717, 1.165) is 18.2 Å². The summed E-state index contributed by atoms with van der Waals surface area (Å²) in [4.78, 5) is 13.6. The first-order chi connectivity index (χ1) is 14.1. The van der Waals surface area contributed by atoms with Gasteiger partial charge >= 0.3 is 6.18 Å². The largest absolute Gasteiger partial charge is 0.418 e. The van der Waals surface area contributed by atoms with E-state index in [1.165, 1.54) is 61.3 Å². The van der Waals surface area contributed by atoms with Crippen LogP contribution in [0, 0.1) is 18.6 Å². The molecule has 0 fully saturated rings. The van der Waals surface area contributed by atoms with E-state index in [1.54, 1.807) is 0 Å². The molecule has 0 aliphatic heterocycles. The van der Waals surface area contributed by atoms with Gasteiger partial charge in [-0.1, -0.05) is 12.1 Å². The highest BCUT2D eigenvalue weighted by Crippen LogP contribution is 2.38. The molecule has 0 aromatic heterocycles. The first-order valence-corrected chi connectivity index (χ1v) is 8.85. The van der Waals surface area contributed by atoms with Crippen molar-refractivity contribution in [2.75, 3.05) is 17.3 Å². The summed E-state index contributed by atoms with van der Waals surface area (Å²) in [5.41, 5.74) is -0.521. The number of carbonyl (C=O) groups is 1. The van der Waals surface area contributed by atoms with Gasteiger partial charge in [-0.25, -0.2) is 8.78 Å². The first kappa shape index (κ1) is 21.3. The molecule has 1 N–H and O–H groups in total. The number of hydrogen-bond donors (Lipinski definition) is 1. The van der Waals surface area contributed by atoms with Crippen LogP contribution in [0.3, 0.4) is 0 Å². The Morgan fingerprint density at radius 2 is 1.50 bits per heavy atom. The molecule has 3 aromatic carbocycles. The Morgan fingerprint density at radius 1 is 0.933 bits per heavy atom. The molecule has 0 unspecified atom stereocenters. The van der Waals surface area contributed by atoms with Crippen molar-refractivity contribution in [3.05, 3.63) is 89.0 Å². The summed E-state index contributed by atoms with van der Waals surface area (Å²) >= 11 is 0. The molecule has 156 valence electrons. The zero-order valence-electron chi connectivity index (χ0n) is 16.0. The average molecular weight is 420 g/mol. The second-order valence-corrected chi connectivity index (χ2v) is 6.68. The van der Waals surface area contributed by atoms with Crippen LogP contribution in [0.25, 0.3) is 0 Å². The van der Waals surface area contributed by atoms with Crippen LogP contribution >= 0.6 is 0 Å². The van der Waals surface area contributed by atoms with Crippen LogP contribution in [0.1, 0.15) is 21.5 Å². The molecule has 0 saturated heterocycles. The number of carbonyl (C=O) groups excluding carboxylic acids is 1. The second-order valence-electron chi connectivity index (χ2n) is 6.68. The maximum Gasteiger partial charge on any atom is 0.418 e. The number of benzene rings is 3. The van der Waals surface area contributed by atoms with Crippen LogP contribution in [0.4, 0.5) is 39.0 Å². The van der Waals surface area contributed by atoms with Gasteiger partial charge in [0.05, 0.1) is 11.3 Å². The van der Waals surface area contributed by atoms with E-state index in [9.17, 15) is 26.7 Å². The Morgan fingerprint density at radius 3 is 2.07 bits per heavy atom.